The molecular weight excluding hydrogens is 462 g/mol. The third-order valence-corrected chi connectivity index (χ3v) is 5.26. The number of carbonyl (C=O) groups excluding carboxylic acids is 3. The number of nitrogens with one attached hydrogen (secondary N) is 4. The molecule has 0 aliphatic rings. The molecule has 5 atom stereocenters. The number of aliphatic hydroxyl groups excluding tert-OH is 1. The highest BCUT2D eigenvalue weighted by molar-refractivity contribution is 5.95. The third kappa shape index (κ3) is 7.52. The van der Waals surface area contributed by atoms with Crippen molar-refractivity contribution in [1.29, 1.82) is 0 Å². The van der Waals surface area contributed by atoms with Gasteiger partial charge in [0.05, 0.1) is 18.6 Å². The summed E-state index contributed by atoms with van der Waals surface area (Å²) in [4.78, 5) is 63.1. The molecule has 0 saturated heterocycles. The fourth-order valence-electron chi connectivity index (χ4n) is 3.31. The van der Waals surface area contributed by atoms with E-state index in [-0.39, 0.29) is 6.42 Å². The van der Waals surface area contributed by atoms with Crippen molar-refractivity contribution < 1.29 is 39.3 Å². The van der Waals surface area contributed by atoms with Gasteiger partial charge in [0.15, 0.2) is 0 Å². The maximum Gasteiger partial charge on any atom is 0.325 e. The lowest BCUT2D eigenvalue weighted by atomic mass is 10.0. The number of fused-ring (bicyclic) bond motifs is 1. The Morgan fingerprint density at radius 2 is 1.63 bits per heavy atom. The summed E-state index contributed by atoms with van der Waals surface area (Å²) in [7, 11) is 0. The van der Waals surface area contributed by atoms with Crippen LogP contribution in [0.15, 0.2) is 30.5 Å². The molecule has 0 aliphatic carbocycles. The van der Waals surface area contributed by atoms with Crippen molar-refractivity contribution in [2.45, 2.75) is 57.0 Å². The van der Waals surface area contributed by atoms with Crippen molar-refractivity contribution >= 4 is 40.6 Å². The van der Waals surface area contributed by atoms with E-state index >= 15 is 0 Å². The van der Waals surface area contributed by atoms with Gasteiger partial charge >= 0.3 is 11.9 Å². The van der Waals surface area contributed by atoms with Gasteiger partial charge in [-0.15, -0.1) is 0 Å². The summed E-state index contributed by atoms with van der Waals surface area (Å²) in [6, 6.07) is 1.67. The standard InChI is InChI=1S/C22H29N5O8/c1-10(22(34)35)25-21(33)18(11(2)28)27-20(32)16(26-19(31)14(23)8-17(29)30)7-12-9-24-15-6-4-3-5-13(12)15/h3-6,9-11,14,16,18,24,28H,7-8,23H2,1-2H3,(H,25,33)(H,26,31)(H,27,32)(H,29,30)(H,34,35). The zero-order valence-corrected chi connectivity index (χ0v) is 19.1. The molecule has 5 unspecified atom stereocenters. The van der Waals surface area contributed by atoms with Crippen molar-refractivity contribution in [3.05, 3.63) is 36.0 Å². The van der Waals surface area contributed by atoms with E-state index in [9.17, 15) is 29.1 Å². The molecule has 9 N–H and O–H groups in total. The molecule has 1 aromatic carbocycles. The molecule has 0 spiro atoms. The van der Waals surface area contributed by atoms with Crippen LogP contribution in [0.25, 0.3) is 10.9 Å². The molecule has 2 aromatic rings. The number of aliphatic hydroxyl groups is 1. The number of rotatable bonds is 12. The van der Waals surface area contributed by atoms with Crippen LogP contribution < -0.4 is 21.7 Å². The van der Waals surface area contributed by atoms with Gasteiger partial charge in [-0.3, -0.25) is 24.0 Å². The van der Waals surface area contributed by atoms with E-state index in [1.165, 1.54) is 13.8 Å². The number of carboxylic acid groups (broad SMARTS) is 2. The van der Waals surface area contributed by atoms with E-state index < -0.39 is 66.4 Å². The Labute approximate surface area is 200 Å². The van der Waals surface area contributed by atoms with E-state index in [4.69, 9.17) is 15.9 Å². The second kappa shape index (κ2) is 11.9. The van der Waals surface area contributed by atoms with Crippen LogP contribution in [0.1, 0.15) is 25.8 Å². The molecule has 190 valence electrons. The first-order chi connectivity index (χ1) is 16.4. The zero-order valence-electron chi connectivity index (χ0n) is 19.1. The topological polar surface area (TPSA) is 224 Å². The first-order valence-corrected chi connectivity index (χ1v) is 10.7. The SMILES string of the molecule is CC(NC(=O)C(NC(=O)C(Cc1c[nH]c2ccccc12)NC(=O)C(N)CC(=O)O)C(C)O)C(=O)O. The Morgan fingerprint density at radius 1 is 0.971 bits per heavy atom. The lowest BCUT2D eigenvalue weighted by Gasteiger charge is -2.26. The second-order valence-corrected chi connectivity index (χ2v) is 8.12. The van der Waals surface area contributed by atoms with E-state index in [1.807, 2.05) is 12.1 Å². The van der Waals surface area contributed by atoms with Crippen molar-refractivity contribution in [3.8, 4) is 0 Å². The number of benzene rings is 1. The lowest BCUT2D eigenvalue weighted by molar-refractivity contribution is -0.142. The molecule has 1 heterocycles. The van der Waals surface area contributed by atoms with Crippen LogP contribution in [-0.4, -0.2) is 80.2 Å². The maximum absolute atomic E-state index is 13.1. The molecule has 0 bridgehead atoms. The molecular formula is C22H29N5O8. The molecule has 2 rings (SSSR count). The van der Waals surface area contributed by atoms with Gasteiger partial charge in [-0.2, -0.15) is 0 Å². The summed E-state index contributed by atoms with van der Waals surface area (Å²) in [5, 5.41) is 35.6. The summed E-state index contributed by atoms with van der Waals surface area (Å²) in [6.45, 7) is 2.44. The summed E-state index contributed by atoms with van der Waals surface area (Å²) in [5.74, 6) is -5.32. The molecule has 0 radical (unpaired) electrons. The van der Waals surface area contributed by atoms with Gasteiger partial charge < -0.3 is 42.0 Å². The number of carboxylic acids is 2. The predicted molar refractivity (Wildman–Crippen MR) is 123 cm³/mol. The van der Waals surface area contributed by atoms with Crippen LogP contribution in [-0.2, 0) is 30.4 Å². The van der Waals surface area contributed by atoms with E-state index in [2.05, 4.69) is 20.9 Å². The van der Waals surface area contributed by atoms with Crippen LogP contribution in [0, 0.1) is 0 Å². The van der Waals surface area contributed by atoms with Crippen molar-refractivity contribution in [2.24, 2.45) is 5.73 Å². The van der Waals surface area contributed by atoms with Crippen molar-refractivity contribution in [1.82, 2.24) is 20.9 Å². The summed E-state index contributed by atoms with van der Waals surface area (Å²) >= 11 is 0. The molecule has 1 aromatic heterocycles. The number of hydrogen-bond acceptors (Lipinski definition) is 7. The van der Waals surface area contributed by atoms with E-state index in [0.717, 1.165) is 10.9 Å². The van der Waals surface area contributed by atoms with Crippen LogP contribution in [0.2, 0.25) is 0 Å². The number of carbonyl (C=O) groups is 5. The summed E-state index contributed by atoms with van der Waals surface area (Å²) in [5.41, 5.74) is 7.04. The van der Waals surface area contributed by atoms with Crippen LogP contribution >= 0.6 is 0 Å². The van der Waals surface area contributed by atoms with Gasteiger partial charge in [-0.05, 0) is 25.5 Å². The molecule has 13 heteroatoms. The minimum absolute atomic E-state index is 0.0545. The zero-order chi connectivity index (χ0) is 26.3. The van der Waals surface area contributed by atoms with Gasteiger partial charge in [0.25, 0.3) is 0 Å². The fraction of sp³-hybridized carbons (Fsp3) is 0.409. The summed E-state index contributed by atoms with van der Waals surface area (Å²) < 4.78 is 0. The average Bonchev–Trinajstić information content (AvgIpc) is 3.18. The Balaban J connectivity index is 2.28. The number of hydrogen-bond donors (Lipinski definition) is 8. The van der Waals surface area contributed by atoms with Gasteiger partial charge in [0.2, 0.25) is 17.7 Å². The van der Waals surface area contributed by atoms with Crippen molar-refractivity contribution in [3.63, 3.8) is 0 Å². The number of aromatic nitrogens is 1. The predicted octanol–water partition coefficient (Wildman–Crippen LogP) is -1.55. The Morgan fingerprint density at radius 3 is 2.23 bits per heavy atom. The van der Waals surface area contributed by atoms with E-state index in [1.54, 1.807) is 18.3 Å². The monoisotopic (exact) mass is 491 g/mol. The number of nitrogens with two attached hydrogens (primary N) is 1. The van der Waals surface area contributed by atoms with Crippen LogP contribution in [0.5, 0.6) is 0 Å². The Kier molecular flexibility index (Phi) is 9.31. The Hall–Kier alpha value is -3.97. The highest BCUT2D eigenvalue weighted by Crippen LogP contribution is 2.19. The number of aromatic amines is 1. The normalized spacial score (nSPS) is 15.3. The smallest absolute Gasteiger partial charge is 0.325 e. The highest BCUT2D eigenvalue weighted by Gasteiger charge is 2.32. The van der Waals surface area contributed by atoms with Gasteiger partial charge in [-0.25, -0.2) is 0 Å². The number of para-hydroxylation sites is 1. The highest BCUT2D eigenvalue weighted by atomic mass is 16.4. The van der Waals surface area contributed by atoms with Gasteiger partial charge in [-0.1, -0.05) is 18.2 Å². The molecule has 13 nitrogen and oxygen atoms in total. The van der Waals surface area contributed by atoms with Crippen LogP contribution in [0.3, 0.4) is 0 Å². The van der Waals surface area contributed by atoms with E-state index in [0.29, 0.717) is 5.56 Å². The molecule has 3 amide bonds. The number of H-pyrrole nitrogens is 1. The third-order valence-electron chi connectivity index (χ3n) is 5.26. The van der Waals surface area contributed by atoms with Gasteiger partial charge in [0, 0.05) is 23.5 Å². The first kappa shape index (κ1) is 27.3. The second-order valence-electron chi connectivity index (χ2n) is 8.12. The molecule has 0 saturated carbocycles. The Bertz CT molecular complexity index is 1100. The average molecular weight is 492 g/mol. The van der Waals surface area contributed by atoms with Crippen molar-refractivity contribution in [2.75, 3.05) is 0 Å². The molecule has 35 heavy (non-hydrogen) atoms. The lowest BCUT2D eigenvalue weighted by Crippen LogP contribution is -2.60. The molecule has 0 aliphatic heterocycles. The minimum atomic E-state index is -1.53. The fourth-order valence-corrected chi connectivity index (χ4v) is 3.31. The number of aliphatic carboxylic acids is 2. The van der Waals surface area contributed by atoms with Crippen LogP contribution in [0.4, 0.5) is 0 Å². The summed E-state index contributed by atoms with van der Waals surface area (Å²) in [6.07, 6.45) is -0.486. The largest absolute Gasteiger partial charge is 0.481 e. The maximum atomic E-state index is 13.1. The number of amides is 3. The molecule has 0 fully saturated rings. The first-order valence-electron chi connectivity index (χ1n) is 10.7. The van der Waals surface area contributed by atoms with Gasteiger partial charge in [0.1, 0.15) is 18.1 Å². The minimum Gasteiger partial charge on any atom is -0.481 e. The quantitative estimate of drug-likeness (QED) is 0.172.